The second kappa shape index (κ2) is 4.82. The van der Waals surface area contributed by atoms with Crippen molar-refractivity contribution in [2.45, 2.75) is 12.6 Å². The van der Waals surface area contributed by atoms with E-state index in [1.165, 1.54) is 12.1 Å². The van der Waals surface area contributed by atoms with Gasteiger partial charge in [0, 0.05) is 28.4 Å². The van der Waals surface area contributed by atoms with Crippen LogP contribution >= 0.6 is 11.6 Å². The maximum Gasteiger partial charge on any atom is 0.154 e. The second-order valence-corrected chi connectivity index (χ2v) is 4.99. The highest BCUT2D eigenvalue weighted by molar-refractivity contribution is 6.31. The van der Waals surface area contributed by atoms with Crippen LogP contribution in [0.15, 0.2) is 36.4 Å². The van der Waals surface area contributed by atoms with E-state index in [0.29, 0.717) is 5.56 Å². The number of nitrogens with one attached hydrogen (secondary N) is 1. The van der Waals surface area contributed by atoms with Gasteiger partial charge >= 0.3 is 0 Å². The van der Waals surface area contributed by atoms with Crippen LogP contribution in [0.4, 0.5) is 14.5 Å². The molecule has 0 bridgehead atoms. The van der Waals surface area contributed by atoms with Gasteiger partial charge in [0.2, 0.25) is 0 Å². The van der Waals surface area contributed by atoms with Crippen LogP contribution in [0.2, 0.25) is 5.02 Å². The lowest BCUT2D eigenvalue weighted by Gasteiger charge is -2.15. The molecule has 0 radical (unpaired) electrons. The highest BCUT2D eigenvalue weighted by Crippen LogP contribution is 2.38. The fraction of sp³-hybridized carbons (Fsp3) is 0.200. The van der Waals surface area contributed by atoms with Gasteiger partial charge in [-0.2, -0.15) is 0 Å². The fourth-order valence-electron chi connectivity index (χ4n) is 2.45. The van der Waals surface area contributed by atoms with Crippen molar-refractivity contribution in [1.29, 1.82) is 0 Å². The van der Waals surface area contributed by atoms with E-state index in [4.69, 9.17) is 11.6 Å². The zero-order valence-electron chi connectivity index (χ0n) is 10.1. The van der Waals surface area contributed by atoms with E-state index in [1.54, 1.807) is 6.07 Å². The molecule has 2 aromatic carbocycles. The summed E-state index contributed by atoms with van der Waals surface area (Å²) in [6, 6.07) is 9.27. The zero-order chi connectivity index (χ0) is 13.4. The van der Waals surface area contributed by atoms with E-state index in [0.717, 1.165) is 30.3 Å². The first-order valence-electron chi connectivity index (χ1n) is 6.11. The quantitative estimate of drug-likeness (QED) is 0.853. The van der Waals surface area contributed by atoms with Crippen molar-refractivity contribution in [2.24, 2.45) is 0 Å². The summed E-state index contributed by atoms with van der Waals surface area (Å²) < 4.78 is 27.9. The Balaban J connectivity index is 2.07. The van der Waals surface area contributed by atoms with E-state index in [-0.39, 0.29) is 10.6 Å². The molecule has 0 spiro atoms. The molecule has 3 rings (SSSR count). The lowest BCUT2D eigenvalue weighted by molar-refractivity contribution is 0.401. The van der Waals surface area contributed by atoms with Crippen molar-refractivity contribution in [3.63, 3.8) is 0 Å². The molecule has 1 aliphatic heterocycles. The molecule has 0 saturated carbocycles. The van der Waals surface area contributed by atoms with Gasteiger partial charge in [0.1, 0.15) is 5.82 Å². The van der Waals surface area contributed by atoms with Gasteiger partial charge in [-0.25, -0.2) is 8.78 Å². The maximum atomic E-state index is 14.7. The van der Waals surface area contributed by atoms with Gasteiger partial charge in [-0.1, -0.05) is 29.8 Å². The second-order valence-electron chi connectivity index (χ2n) is 4.59. The zero-order valence-corrected chi connectivity index (χ0v) is 10.8. The molecule has 4 heteroatoms. The van der Waals surface area contributed by atoms with Crippen molar-refractivity contribution in [3.8, 4) is 0 Å². The molecule has 0 aromatic heterocycles. The van der Waals surface area contributed by atoms with Crippen LogP contribution in [-0.2, 0) is 6.42 Å². The first-order chi connectivity index (χ1) is 9.16. The summed E-state index contributed by atoms with van der Waals surface area (Å²) in [7, 11) is 0. The van der Waals surface area contributed by atoms with Gasteiger partial charge in [-0.3, -0.25) is 0 Å². The summed E-state index contributed by atoms with van der Waals surface area (Å²) in [6.45, 7) is 0.802. The van der Waals surface area contributed by atoms with Crippen molar-refractivity contribution < 1.29 is 8.78 Å². The maximum absolute atomic E-state index is 14.7. The van der Waals surface area contributed by atoms with Crippen LogP contribution in [-0.4, -0.2) is 6.54 Å². The Morgan fingerprint density at radius 3 is 2.84 bits per heavy atom. The Bertz CT molecular complexity index is 628. The molecule has 98 valence electrons. The van der Waals surface area contributed by atoms with Crippen LogP contribution in [0.25, 0.3) is 0 Å². The smallest absolute Gasteiger partial charge is 0.154 e. The Kier molecular flexibility index (Phi) is 3.15. The predicted molar refractivity (Wildman–Crippen MR) is 73.0 cm³/mol. The molecule has 2 aromatic rings. The molecule has 1 heterocycles. The van der Waals surface area contributed by atoms with Crippen LogP contribution in [0.1, 0.15) is 22.9 Å². The van der Waals surface area contributed by atoms with E-state index in [9.17, 15) is 8.78 Å². The lowest BCUT2D eigenvalue weighted by atomic mass is 9.98. The number of para-hydroxylation sites is 1. The molecule has 19 heavy (non-hydrogen) atoms. The molecule has 1 atom stereocenters. The number of fused-ring (bicyclic) bond motifs is 1. The van der Waals surface area contributed by atoms with Gasteiger partial charge in [0.25, 0.3) is 0 Å². The summed E-state index contributed by atoms with van der Waals surface area (Å²) in [5.41, 5.74) is 2.59. The largest absolute Gasteiger partial charge is 0.384 e. The van der Waals surface area contributed by atoms with Gasteiger partial charge in [0.05, 0.1) is 0 Å². The number of halogens is 3. The summed E-state index contributed by atoms with van der Waals surface area (Å²) in [6.07, 6.45) is -0.545. The van der Waals surface area contributed by atoms with Crippen molar-refractivity contribution in [1.82, 2.24) is 0 Å². The van der Waals surface area contributed by atoms with E-state index in [2.05, 4.69) is 5.32 Å². The number of rotatable bonds is 2. The van der Waals surface area contributed by atoms with Gasteiger partial charge in [-0.15, -0.1) is 0 Å². The van der Waals surface area contributed by atoms with Crippen molar-refractivity contribution in [2.75, 3.05) is 11.9 Å². The number of anilines is 1. The summed E-state index contributed by atoms with van der Waals surface area (Å²) in [5, 5.41) is 3.42. The van der Waals surface area contributed by atoms with Crippen LogP contribution in [0.5, 0.6) is 0 Å². The number of benzene rings is 2. The standard InChI is InChI=1S/C15H12ClF2N/c16-13-5-4-10(17)8-12(13)14(18)11-3-1-2-9-6-7-19-15(9)11/h1-5,8,14,19H,6-7H2. The SMILES string of the molecule is Fc1ccc(Cl)c(C(F)c2cccc3c2NCC3)c1. The Morgan fingerprint density at radius 2 is 2.00 bits per heavy atom. The Labute approximate surface area is 115 Å². The monoisotopic (exact) mass is 279 g/mol. The summed E-state index contributed by atoms with van der Waals surface area (Å²) in [4.78, 5) is 0. The first kappa shape index (κ1) is 12.4. The average molecular weight is 280 g/mol. The molecule has 1 unspecified atom stereocenters. The average Bonchev–Trinajstić information content (AvgIpc) is 2.89. The van der Waals surface area contributed by atoms with Gasteiger partial charge < -0.3 is 5.32 Å². The van der Waals surface area contributed by atoms with Gasteiger partial charge in [0.15, 0.2) is 6.17 Å². The molecule has 0 amide bonds. The molecule has 0 saturated heterocycles. The molecule has 1 nitrogen and oxygen atoms in total. The van der Waals surface area contributed by atoms with E-state index in [1.807, 2.05) is 12.1 Å². The highest BCUT2D eigenvalue weighted by atomic mass is 35.5. The molecule has 0 aliphatic carbocycles. The normalized spacial score (nSPS) is 14.9. The first-order valence-corrected chi connectivity index (χ1v) is 6.49. The molecule has 0 fully saturated rings. The van der Waals surface area contributed by atoms with Crippen molar-refractivity contribution >= 4 is 17.3 Å². The molecule has 1 N–H and O–H groups in total. The minimum Gasteiger partial charge on any atom is -0.384 e. The summed E-state index contributed by atoms with van der Waals surface area (Å²) in [5.74, 6) is -0.484. The van der Waals surface area contributed by atoms with Crippen LogP contribution < -0.4 is 5.32 Å². The lowest BCUT2D eigenvalue weighted by Crippen LogP contribution is -2.01. The van der Waals surface area contributed by atoms with Crippen LogP contribution in [0.3, 0.4) is 0 Å². The predicted octanol–water partition coefficient (Wildman–Crippen LogP) is 4.51. The number of alkyl halides is 1. The van der Waals surface area contributed by atoms with Crippen molar-refractivity contribution in [3.05, 3.63) is 63.9 Å². The number of hydrogen-bond donors (Lipinski definition) is 1. The third-order valence-corrected chi connectivity index (χ3v) is 3.73. The molecule has 1 aliphatic rings. The molecular weight excluding hydrogens is 268 g/mol. The van der Waals surface area contributed by atoms with E-state index >= 15 is 0 Å². The minimum atomic E-state index is -1.43. The number of hydrogen-bond acceptors (Lipinski definition) is 1. The van der Waals surface area contributed by atoms with E-state index < -0.39 is 12.0 Å². The Morgan fingerprint density at radius 1 is 1.16 bits per heavy atom. The molecular formula is C15H12ClF2N. The summed E-state index contributed by atoms with van der Waals surface area (Å²) >= 11 is 5.96. The van der Waals surface area contributed by atoms with Crippen LogP contribution in [0, 0.1) is 5.82 Å². The highest BCUT2D eigenvalue weighted by Gasteiger charge is 2.23. The van der Waals surface area contributed by atoms with Gasteiger partial charge in [-0.05, 0) is 30.2 Å². The minimum absolute atomic E-state index is 0.170. The fourth-order valence-corrected chi connectivity index (χ4v) is 2.67. The third kappa shape index (κ3) is 2.19. The topological polar surface area (TPSA) is 12.0 Å². The Hall–Kier alpha value is -1.61. The third-order valence-electron chi connectivity index (χ3n) is 3.38.